The first kappa shape index (κ1) is 17.1. The molecule has 0 fully saturated rings. The molecule has 0 atom stereocenters. The number of primary sulfonamides is 1. The van der Waals surface area contributed by atoms with E-state index in [0.717, 1.165) is 16.9 Å². The van der Waals surface area contributed by atoms with Crippen molar-refractivity contribution in [3.63, 3.8) is 0 Å². The summed E-state index contributed by atoms with van der Waals surface area (Å²) < 4.78 is 24.3. The number of benzene rings is 1. The van der Waals surface area contributed by atoms with Gasteiger partial charge in [0.15, 0.2) is 0 Å². The Kier molecular flexibility index (Phi) is 4.82. The summed E-state index contributed by atoms with van der Waals surface area (Å²) in [7, 11) is -3.69. The van der Waals surface area contributed by atoms with Crippen molar-refractivity contribution in [1.29, 1.82) is 0 Å². The molecule has 2 aromatic heterocycles. The van der Waals surface area contributed by atoms with Crippen LogP contribution in [0.3, 0.4) is 0 Å². The number of fused-ring (bicyclic) bond motifs is 1. The number of pyridine rings is 1. The van der Waals surface area contributed by atoms with Gasteiger partial charge in [-0.2, -0.15) is 0 Å². The minimum absolute atomic E-state index is 0.0625. The van der Waals surface area contributed by atoms with Crippen molar-refractivity contribution < 1.29 is 13.2 Å². The van der Waals surface area contributed by atoms with Crippen molar-refractivity contribution >= 4 is 21.6 Å². The zero-order valence-electron chi connectivity index (χ0n) is 13.4. The lowest BCUT2D eigenvalue weighted by Gasteiger charge is -2.04. The number of rotatable bonds is 6. The van der Waals surface area contributed by atoms with Crippen LogP contribution in [0.15, 0.2) is 59.8 Å². The van der Waals surface area contributed by atoms with E-state index in [1.54, 1.807) is 12.1 Å². The number of nitrogens with zero attached hydrogens (tertiary/aromatic N) is 2. The second-order valence-corrected chi connectivity index (χ2v) is 7.23. The van der Waals surface area contributed by atoms with E-state index in [9.17, 15) is 13.2 Å². The van der Waals surface area contributed by atoms with E-state index in [1.807, 2.05) is 35.0 Å². The maximum Gasteiger partial charge on any atom is 0.238 e. The number of carbonyl (C=O) groups is 1. The summed E-state index contributed by atoms with van der Waals surface area (Å²) in [5, 5.41) is 7.89. The second kappa shape index (κ2) is 7.04. The number of carbonyl (C=O) groups excluding carboxylic acids is 1. The lowest BCUT2D eigenvalue weighted by atomic mass is 10.1. The average molecular weight is 358 g/mol. The largest absolute Gasteiger partial charge is 0.350 e. The molecule has 8 heteroatoms. The molecule has 3 rings (SSSR count). The molecular weight excluding hydrogens is 340 g/mol. The second-order valence-electron chi connectivity index (χ2n) is 5.66. The van der Waals surface area contributed by atoms with Gasteiger partial charge in [0, 0.05) is 18.8 Å². The fourth-order valence-corrected chi connectivity index (χ4v) is 2.97. The average Bonchev–Trinajstić information content (AvgIpc) is 3.00. The van der Waals surface area contributed by atoms with Gasteiger partial charge in [-0.05, 0) is 36.2 Å². The van der Waals surface area contributed by atoms with Gasteiger partial charge in [-0.25, -0.2) is 18.5 Å². The third-order valence-corrected chi connectivity index (χ3v) is 4.70. The number of aryl methyl sites for hydroxylation is 1. The SMILES string of the molecule is NS(=O)(=O)c1ccc(CCC(=O)NCc2cn3ccccc3n2)cc1. The predicted molar refractivity (Wildman–Crippen MR) is 93.2 cm³/mol. The van der Waals surface area contributed by atoms with Crippen LogP contribution in [0.25, 0.3) is 5.65 Å². The van der Waals surface area contributed by atoms with Gasteiger partial charge in [-0.3, -0.25) is 4.79 Å². The summed E-state index contributed by atoms with van der Waals surface area (Å²) in [4.78, 5) is 16.4. The Balaban J connectivity index is 1.51. The maximum atomic E-state index is 12.0. The molecule has 0 radical (unpaired) electrons. The zero-order valence-corrected chi connectivity index (χ0v) is 14.2. The molecule has 25 heavy (non-hydrogen) atoms. The van der Waals surface area contributed by atoms with Crippen molar-refractivity contribution in [2.45, 2.75) is 24.3 Å². The Hall–Kier alpha value is -2.71. The van der Waals surface area contributed by atoms with Gasteiger partial charge in [0.25, 0.3) is 0 Å². The molecule has 1 aromatic carbocycles. The van der Waals surface area contributed by atoms with E-state index in [1.165, 1.54) is 12.1 Å². The Morgan fingerprint density at radius 3 is 2.60 bits per heavy atom. The van der Waals surface area contributed by atoms with E-state index in [4.69, 9.17) is 5.14 Å². The van der Waals surface area contributed by atoms with Crippen LogP contribution in [-0.2, 0) is 27.8 Å². The molecule has 0 unspecified atom stereocenters. The van der Waals surface area contributed by atoms with Crippen LogP contribution in [0.1, 0.15) is 17.7 Å². The summed E-state index contributed by atoms with van der Waals surface area (Å²) in [6.45, 7) is 0.366. The van der Waals surface area contributed by atoms with E-state index >= 15 is 0 Å². The van der Waals surface area contributed by atoms with Gasteiger partial charge in [-0.15, -0.1) is 0 Å². The van der Waals surface area contributed by atoms with Crippen LogP contribution in [0.4, 0.5) is 0 Å². The highest BCUT2D eigenvalue weighted by atomic mass is 32.2. The molecule has 0 saturated carbocycles. The van der Waals surface area contributed by atoms with Gasteiger partial charge in [0.1, 0.15) is 5.65 Å². The summed E-state index contributed by atoms with van der Waals surface area (Å²) in [5.74, 6) is -0.0902. The molecule has 130 valence electrons. The molecule has 2 heterocycles. The Bertz CT molecular complexity index is 961. The fraction of sp³-hybridized carbons (Fsp3) is 0.176. The third-order valence-electron chi connectivity index (χ3n) is 3.77. The highest BCUT2D eigenvalue weighted by molar-refractivity contribution is 7.89. The zero-order chi connectivity index (χ0) is 17.9. The van der Waals surface area contributed by atoms with Gasteiger partial charge in [-0.1, -0.05) is 18.2 Å². The summed E-state index contributed by atoms with van der Waals surface area (Å²) in [6, 6.07) is 11.9. The standard InChI is InChI=1S/C17H18N4O3S/c18-25(23,24)15-7-4-13(5-8-15)6-9-17(22)19-11-14-12-21-10-2-1-3-16(21)20-14/h1-5,7-8,10,12H,6,9,11H2,(H,19,22)(H2,18,23,24). The van der Waals surface area contributed by atoms with E-state index in [2.05, 4.69) is 10.3 Å². The lowest BCUT2D eigenvalue weighted by molar-refractivity contribution is -0.121. The first-order chi connectivity index (χ1) is 11.9. The normalized spacial score (nSPS) is 11.6. The van der Waals surface area contributed by atoms with Crippen LogP contribution < -0.4 is 10.5 Å². The Morgan fingerprint density at radius 2 is 1.92 bits per heavy atom. The molecule has 0 spiro atoms. The van der Waals surface area contributed by atoms with Crippen LogP contribution >= 0.6 is 0 Å². The van der Waals surface area contributed by atoms with E-state index in [0.29, 0.717) is 19.4 Å². The van der Waals surface area contributed by atoms with Gasteiger partial charge < -0.3 is 9.72 Å². The van der Waals surface area contributed by atoms with Gasteiger partial charge >= 0.3 is 0 Å². The predicted octanol–water partition coefficient (Wildman–Crippen LogP) is 1.23. The molecule has 0 aliphatic carbocycles. The molecule has 0 saturated heterocycles. The Morgan fingerprint density at radius 1 is 1.16 bits per heavy atom. The molecular formula is C17H18N4O3S. The molecule has 0 aliphatic heterocycles. The van der Waals surface area contributed by atoms with Crippen LogP contribution in [0.5, 0.6) is 0 Å². The fourth-order valence-electron chi connectivity index (χ4n) is 2.45. The van der Waals surface area contributed by atoms with Crippen molar-refractivity contribution in [2.24, 2.45) is 5.14 Å². The van der Waals surface area contributed by atoms with Crippen molar-refractivity contribution in [2.75, 3.05) is 0 Å². The number of hydrogen-bond acceptors (Lipinski definition) is 4. The minimum atomic E-state index is -3.69. The van der Waals surface area contributed by atoms with Crippen LogP contribution in [0.2, 0.25) is 0 Å². The molecule has 0 aliphatic rings. The highest BCUT2D eigenvalue weighted by Crippen LogP contribution is 2.10. The first-order valence-electron chi connectivity index (χ1n) is 7.73. The topological polar surface area (TPSA) is 107 Å². The maximum absolute atomic E-state index is 12.0. The van der Waals surface area contributed by atoms with Crippen molar-refractivity contribution in [3.05, 3.63) is 66.1 Å². The number of amides is 1. The number of imidazole rings is 1. The number of nitrogens with two attached hydrogens (primary N) is 1. The molecule has 7 nitrogen and oxygen atoms in total. The summed E-state index contributed by atoms with van der Waals surface area (Å²) >= 11 is 0. The quantitative estimate of drug-likeness (QED) is 0.691. The summed E-state index contributed by atoms with van der Waals surface area (Å²) in [6.07, 6.45) is 4.60. The van der Waals surface area contributed by atoms with Crippen molar-refractivity contribution in [1.82, 2.24) is 14.7 Å². The van der Waals surface area contributed by atoms with Crippen LogP contribution in [-0.4, -0.2) is 23.7 Å². The lowest BCUT2D eigenvalue weighted by Crippen LogP contribution is -2.23. The first-order valence-corrected chi connectivity index (χ1v) is 9.27. The summed E-state index contributed by atoms with van der Waals surface area (Å²) in [5.41, 5.74) is 2.49. The van der Waals surface area contributed by atoms with Crippen LogP contribution in [0, 0.1) is 0 Å². The number of nitrogens with one attached hydrogen (secondary N) is 1. The van der Waals surface area contributed by atoms with Gasteiger partial charge in [0.2, 0.25) is 15.9 Å². The molecule has 3 N–H and O–H groups in total. The number of aromatic nitrogens is 2. The third kappa shape index (κ3) is 4.43. The number of sulfonamides is 1. The van der Waals surface area contributed by atoms with E-state index < -0.39 is 10.0 Å². The number of hydrogen-bond donors (Lipinski definition) is 2. The minimum Gasteiger partial charge on any atom is -0.350 e. The monoisotopic (exact) mass is 358 g/mol. The smallest absolute Gasteiger partial charge is 0.238 e. The Labute approximate surface area is 145 Å². The molecule has 1 amide bonds. The molecule has 0 bridgehead atoms. The highest BCUT2D eigenvalue weighted by Gasteiger charge is 2.08. The van der Waals surface area contributed by atoms with Crippen molar-refractivity contribution in [3.8, 4) is 0 Å². The van der Waals surface area contributed by atoms with Gasteiger partial charge in [0.05, 0.1) is 17.1 Å². The van der Waals surface area contributed by atoms with E-state index in [-0.39, 0.29) is 10.8 Å². The molecule has 3 aromatic rings.